The molecule has 16 heavy (non-hydrogen) atoms. The Balaban J connectivity index is 2.02. The fourth-order valence-corrected chi connectivity index (χ4v) is 1.93. The third-order valence-corrected chi connectivity index (χ3v) is 3.26. The molecule has 0 unspecified atom stereocenters. The highest BCUT2D eigenvalue weighted by molar-refractivity contribution is 14.1. The number of anilines is 1. The zero-order chi connectivity index (χ0) is 11.4. The van der Waals surface area contributed by atoms with Crippen molar-refractivity contribution in [1.29, 1.82) is 0 Å². The molecule has 1 N–H and O–H groups in total. The van der Waals surface area contributed by atoms with Gasteiger partial charge in [-0.05, 0) is 58.8 Å². The largest absolute Gasteiger partial charge is 0.381 e. The number of hydrogen-bond acceptors (Lipinski definition) is 1. The maximum Gasteiger partial charge on any atom is 0.0400 e. The Bertz CT molecular complexity index is 462. The monoisotopic (exact) mass is 323 g/mol. The lowest BCUT2D eigenvalue weighted by Crippen LogP contribution is -2.00. The second-order valence-electron chi connectivity index (χ2n) is 3.79. The summed E-state index contributed by atoms with van der Waals surface area (Å²) >= 11 is 2.32. The van der Waals surface area contributed by atoms with Crippen LogP contribution in [0.15, 0.2) is 48.5 Å². The molecule has 0 aliphatic carbocycles. The molecule has 0 bridgehead atoms. The molecule has 0 aliphatic rings. The van der Waals surface area contributed by atoms with Gasteiger partial charge < -0.3 is 5.32 Å². The molecule has 2 aromatic rings. The Labute approximate surface area is 110 Å². The van der Waals surface area contributed by atoms with E-state index in [0.29, 0.717) is 0 Å². The number of nitrogens with one attached hydrogen (secondary N) is 1. The maximum absolute atomic E-state index is 3.45. The van der Waals surface area contributed by atoms with Gasteiger partial charge in [0.1, 0.15) is 0 Å². The maximum atomic E-state index is 3.45. The van der Waals surface area contributed by atoms with E-state index in [1.165, 1.54) is 20.4 Å². The predicted molar refractivity (Wildman–Crippen MR) is 77.7 cm³/mol. The van der Waals surface area contributed by atoms with Crippen molar-refractivity contribution in [3.8, 4) is 0 Å². The first kappa shape index (κ1) is 11.5. The number of benzene rings is 2. The smallest absolute Gasteiger partial charge is 0.0400 e. The Morgan fingerprint density at radius 1 is 1.00 bits per heavy atom. The summed E-state index contributed by atoms with van der Waals surface area (Å²) in [4.78, 5) is 0. The first-order valence-electron chi connectivity index (χ1n) is 5.29. The number of aryl methyl sites for hydroxylation is 1. The summed E-state index contributed by atoms with van der Waals surface area (Å²) in [5.41, 5.74) is 3.80. The molecule has 2 heteroatoms. The normalized spacial score (nSPS) is 10.1. The van der Waals surface area contributed by atoms with Crippen molar-refractivity contribution >= 4 is 28.3 Å². The number of halogens is 1. The van der Waals surface area contributed by atoms with Crippen LogP contribution in [0.5, 0.6) is 0 Å². The summed E-state index contributed by atoms with van der Waals surface area (Å²) in [7, 11) is 0. The lowest BCUT2D eigenvalue weighted by Gasteiger charge is -2.09. The molecular weight excluding hydrogens is 309 g/mol. The fourth-order valence-electron chi connectivity index (χ4n) is 1.57. The van der Waals surface area contributed by atoms with Crippen molar-refractivity contribution in [1.82, 2.24) is 0 Å². The van der Waals surface area contributed by atoms with E-state index in [1.54, 1.807) is 0 Å². The van der Waals surface area contributed by atoms with Crippen LogP contribution in [0.3, 0.4) is 0 Å². The van der Waals surface area contributed by atoms with Gasteiger partial charge in [-0.1, -0.05) is 30.3 Å². The molecule has 0 atom stereocenters. The second-order valence-corrected chi connectivity index (χ2v) is 5.04. The minimum absolute atomic E-state index is 0.877. The second kappa shape index (κ2) is 5.34. The van der Waals surface area contributed by atoms with Crippen LogP contribution in [-0.2, 0) is 6.54 Å². The Morgan fingerprint density at radius 2 is 1.69 bits per heavy atom. The lowest BCUT2D eigenvalue weighted by molar-refractivity contribution is 1.14. The fraction of sp³-hybridized carbons (Fsp3) is 0.143. The summed E-state index contributed by atoms with van der Waals surface area (Å²) in [6.07, 6.45) is 0. The van der Waals surface area contributed by atoms with Crippen LogP contribution in [0, 0.1) is 10.5 Å². The molecule has 0 heterocycles. The molecule has 0 saturated carbocycles. The van der Waals surface area contributed by atoms with Crippen LogP contribution in [0.25, 0.3) is 0 Å². The molecule has 2 aromatic carbocycles. The van der Waals surface area contributed by atoms with Crippen molar-refractivity contribution < 1.29 is 0 Å². The first-order chi connectivity index (χ1) is 7.75. The molecular formula is C14H14IN. The summed E-state index contributed by atoms with van der Waals surface area (Å²) in [6.45, 7) is 3.00. The van der Waals surface area contributed by atoms with E-state index in [2.05, 4.69) is 83.4 Å². The summed E-state index contributed by atoms with van der Waals surface area (Å²) in [5.74, 6) is 0. The predicted octanol–water partition coefficient (Wildman–Crippen LogP) is 4.21. The zero-order valence-corrected chi connectivity index (χ0v) is 11.4. The van der Waals surface area contributed by atoms with E-state index in [9.17, 15) is 0 Å². The van der Waals surface area contributed by atoms with Gasteiger partial charge in [-0.25, -0.2) is 0 Å². The van der Waals surface area contributed by atoms with Gasteiger partial charge in [0.25, 0.3) is 0 Å². The van der Waals surface area contributed by atoms with Gasteiger partial charge in [0.15, 0.2) is 0 Å². The van der Waals surface area contributed by atoms with E-state index in [1.807, 2.05) is 0 Å². The highest BCUT2D eigenvalue weighted by atomic mass is 127. The summed E-state index contributed by atoms with van der Waals surface area (Å²) in [5, 5.41) is 3.45. The van der Waals surface area contributed by atoms with Gasteiger partial charge >= 0.3 is 0 Å². The van der Waals surface area contributed by atoms with Crippen LogP contribution in [0.4, 0.5) is 5.69 Å². The molecule has 0 saturated heterocycles. The summed E-state index contributed by atoms with van der Waals surface area (Å²) < 4.78 is 1.28. The van der Waals surface area contributed by atoms with E-state index < -0.39 is 0 Å². The van der Waals surface area contributed by atoms with E-state index >= 15 is 0 Å². The number of para-hydroxylation sites is 1. The Hall–Kier alpha value is -1.03. The van der Waals surface area contributed by atoms with Gasteiger partial charge in [-0.2, -0.15) is 0 Å². The van der Waals surface area contributed by atoms with Crippen LogP contribution in [0.2, 0.25) is 0 Å². The van der Waals surface area contributed by atoms with Gasteiger partial charge in [0, 0.05) is 15.8 Å². The average Bonchev–Trinajstić information content (AvgIpc) is 2.30. The van der Waals surface area contributed by atoms with Gasteiger partial charge in [-0.15, -0.1) is 0 Å². The van der Waals surface area contributed by atoms with Crippen LogP contribution >= 0.6 is 22.6 Å². The molecule has 2 rings (SSSR count). The average molecular weight is 323 g/mol. The Kier molecular flexibility index (Phi) is 3.83. The van der Waals surface area contributed by atoms with E-state index in [4.69, 9.17) is 0 Å². The van der Waals surface area contributed by atoms with E-state index in [-0.39, 0.29) is 0 Å². The van der Waals surface area contributed by atoms with Crippen LogP contribution in [0.1, 0.15) is 11.1 Å². The molecule has 0 fully saturated rings. The van der Waals surface area contributed by atoms with Crippen LogP contribution in [-0.4, -0.2) is 0 Å². The van der Waals surface area contributed by atoms with Crippen LogP contribution < -0.4 is 5.32 Å². The Morgan fingerprint density at radius 3 is 2.38 bits per heavy atom. The quantitative estimate of drug-likeness (QED) is 0.834. The van der Waals surface area contributed by atoms with Gasteiger partial charge in [-0.3, -0.25) is 0 Å². The third-order valence-electron chi connectivity index (χ3n) is 2.54. The highest BCUT2D eigenvalue weighted by Gasteiger charge is 1.96. The summed E-state index contributed by atoms with van der Waals surface area (Å²) in [6, 6.07) is 16.9. The van der Waals surface area contributed by atoms with Gasteiger partial charge in [0.2, 0.25) is 0 Å². The first-order valence-corrected chi connectivity index (χ1v) is 6.37. The molecule has 82 valence electrons. The minimum atomic E-state index is 0.877. The molecule has 1 nitrogen and oxygen atoms in total. The van der Waals surface area contributed by atoms with Crippen molar-refractivity contribution in [2.24, 2.45) is 0 Å². The zero-order valence-electron chi connectivity index (χ0n) is 9.20. The molecule has 0 spiro atoms. The number of rotatable bonds is 3. The lowest BCUT2D eigenvalue weighted by atomic mass is 10.2. The minimum Gasteiger partial charge on any atom is -0.381 e. The van der Waals surface area contributed by atoms with Gasteiger partial charge in [0.05, 0.1) is 0 Å². The van der Waals surface area contributed by atoms with E-state index in [0.717, 1.165) is 6.54 Å². The molecule has 0 aliphatic heterocycles. The van der Waals surface area contributed by atoms with Crippen molar-refractivity contribution in [3.63, 3.8) is 0 Å². The third kappa shape index (κ3) is 2.98. The van der Waals surface area contributed by atoms with Crippen molar-refractivity contribution in [2.75, 3.05) is 5.32 Å². The topological polar surface area (TPSA) is 12.0 Å². The highest BCUT2D eigenvalue weighted by Crippen LogP contribution is 2.15. The van der Waals surface area contributed by atoms with Crippen molar-refractivity contribution in [3.05, 3.63) is 63.2 Å². The molecule has 0 amide bonds. The SMILES string of the molecule is Cc1ccccc1NCc1ccc(I)cc1. The molecule has 0 aromatic heterocycles. The standard InChI is InChI=1S/C14H14IN/c1-11-4-2-3-5-14(11)16-10-12-6-8-13(15)9-7-12/h2-9,16H,10H2,1H3. The van der Waals surface area contributed by atoms with Crippen molar-refractivity contribution in [2.45, 2.75) is 13.5 Å². The number of hydrogen-bond donors (Lipinski definition) is 1. The molecule has 0 radical (unpaired) electrons.